The van der Waals surface area contributed by atoms with Crippen LogP contribution in [0.3, 0.4) is 0 Å². The van der Waals surface area contributed by atoms with Gasteiger partial charge in [-0.05, 0) is 37.1 Å². The van der Waals surface area contributed by atoms with Crippen molar-refractivity contribution in [2.45, 2.75) is 26.7 Å². The molecule has 24 heavy (non-hydrogen) atoms. The number of anilines is 2. The average Bonchev–Trinajstić information content (AvgIpc) is 2.60. The van der Waals surface area contributed by atoms with Crippen molar-refractivity contribution in [3.8, 4) is 5.75 Å². The minimum Gasteiger partial charge on any atom is -0.495 e. The number of rotatable bonds is 7. The Balaban J connectivity index is 2.17. The highest BCUT2D eigenvalue weighted by atomic mass is 16.5. The fraction of sp³-hybridized carbons (Fsp3) is 0.368. The van der Waals surface area contributed by atoms with Crippen molar-refractivity contribution in [1.82, 2.24) is 4.98 Å². The second-order valence-electron chi connectivity index (χ2n) is 5.86. The lowest BCUT2D eigenvalue weighted by molar-refractivity contribution is 0.102. The number of nitrogens with one attached hydrogen (secondary N) is 1. The summed E-state index contributed by atoms with van der Waals surface area (Å²) in [6.07, 6.45) is 5.59. The number of aromatic nitrogens is 1. The van der Waals surface area contributed by atoms with Gasteiger partial charge in [0.1, 0.15) is 5.75 Å². The van der Waals surface area contributed by atoms with Gasteiger partial charge in [0.25, 0.3) is 5.91 Å². The van der Waals surface area contributed by atoms with Gasteiger partial charge >= 0.3 is 0 Å². The lowest BCUT2D eigenvalue weighted by Crippen LogP contribution is -2.20. The molecule has 0 aliphatic carbocycles. The topological polar surface area (TPSA) is 54.5 Å². The minimum atomic E-state index is -0.197. The van der Waals surface area contributed by atoms with Crippen molar-refractivity contribution in [2.75, 3.05) is 30.9 Å². The Labute approximate surface area is 143 Å². The summed E-state index contributed by atoms with van der Waals surface area (Å²) >= 11 is 0. The Bertz CT molecular complexity index is 701. The highest BCUT2D eigenvalue weighted by Gasteiger charge is 2.12. The van der Waals surface area contributed by atoms with Crippen LogP contribution in [0.25, 0.3) is 0 Å². The van der Waals surface area contributed by atoms with Crippen molar-refractivity contribution >= 4 is 17.3 Å². The molecule has 0 aliphatic rings. The molecule has 0 fully saturated rings. The van der Waals surface area contributed by atoms with Gasteiger partial charge in [-0.1, -0.05) is 19.4 Å². The second-order valence-corrected chi connectivity index (χ2v) is 5.86. The highest BCUT2D eigenvalue weighted by molar-refractivity contribution is 6.05. The number of hydrogen-bond acceptors (Lipinski definition) is 4. The number of aryl methyl sites for hydroxylation is 1. The van der Waals surface area contributed by atoms with Crippen LogP contribution >= 0.6 is 0 Å². The third kappa shape index (κ3) is 4.47. The number of amides is 1. The van der Waals surface area contributed by atoms with Gasteiger partial charge < -0.3 is 15.0 Å². The molecule has 1 aromatic carbocycles. The van der Waals surface area contributed by atoms with E-state index in [9.17, 15) is 4.79 Å². The first-order valence-corrected chi connectivity index (χ1v) is 8.17. The quantitative estimate of drug-likeness (QED) is 0.838. The molecule has 0 radical (unpaired) electrons. The summed E-state index contributed by atoms with van der Waals surface area (Å²) in [4.78, 5) is 18.9. The standard InChI is InChI=1S/C19H25N3O2/c1-5-6-9-22(3)16-11-15(12-20-13-16)19(23)21-17-10-14(2)7-8-18(17)24-4/h7-8,10-13H,5-6,9H2,1-4H3,(H,21,23). The first-order chi connectivity index (χ1) is 11.5. The zero-order chi connectivity index (χ0) is 17.5. The van der Waals surface area contributed by atoms with E-state index in [0.717, 1.165) is 30.6 Å². The Hall–Kier alpha value is -2.56. The molecular formula is C19H25N3O2. The molecule has 2 rings (SSSR count). The van der Waals surface area contributed by atoms with E-state index in [2.05, 4.69) is 22.1 Å². The molecule has 0 saturated heterocycles. The first-order valence-electron chi connectivity index (χ1n) is 8.17. The van der Waals surface area contributed by atoms with Gasteiger partial charge in [-0.15, -0.1) is 0 Å². The zero-order valence-electron chi connectivity index (χ0n) is 14.8. The highest BCUT2D eigenvalue weighted by Crippen LogP contribution is 2.26. The van der Waals surface area contributed by atoms with E-state index < -0.39 is 0 Å². The van der Waals surface area contributed by atoms with E-state index in [4.69, 9.17) is 4.74 Å². The molecule has 0 spiro atoms. The monoisotopic (exact) mass is 327 g/mol. The summed E-state index contributed by atoms with van der Waals surface area (Å²) in [5, 5.41) is 2.91. The molecule has 0 unspecified atom stereocenters. The van der Waals surface area contributed by atoms with E-state index in [1.165, 1.54) is 0 Å². The number of hydrogen-bond donors (Lipinski definition) is 1. The van der Waals surface area contributed by atoms with Crippen molar-refractivity contribution < 1.29 is 9.53 Å². The third-order valence-electron chi connectivity index (χ3n) is 3.88. The number of ether oxygens (including phenoxy) is 1. The Morgan fingerprint density at radius 3 is 2.79 bits per heavy atom. The van der Waals surface area contributed by atoms with E-state index in [-0.39, 0.29) is 5.91 Å². The largest absolute Gasteiger partial charge is 0.495 e. The van der Waals surface area contributed by atoms with Crippen LogP contribution in [0.15, 0.2) is 36.7 Å². The lowest BCUT2D eigenvalue weighted by Gasteiger charge is -2.19. The predicted molar refractivity (Wildman–Crippen MR) is 98.1 cm³/mol. The van der Waals surface area contributed by atoms with Crippen molar-refractivity contribution in [2.24, 2.45) is 0 Å². The van der Waals surface area contributed by atoms with Gasteiger partial charge in [0.05, 0.1) is 30.2 Å². The first kappa shape index (κ1) is 17.8. The summed E-state index contributed by atoms with van der Waals surface area (Å²) in [6, 6.07) is 7.54. The van der Waals surface area contributed by atoms with Gasteiger partial charge in [-0.2, -0.15) is 0 Å². The molecule has 0 atom stereocenters. The Morgan fingerprint density at radius 1 is 1.29 bits per heavy atom. The van der Waals surface area contributed by atoms with Crippen molar-refractivity contribution in [3.63, 3.8) is 0 Å². The SMILES string of the molecule is CCCCN(C)c1cncc(C(=O)Nc2cc(C)ccc2OC)c1. The van der Waals surface area contributed by atoms with Crippen LogP contribution in [0.4, 0.5) is 11.4 Å². The van der Waals surface area contributed by atoms with Crippen LogP contribution in [-0.2, 0) is 0 Å². The molecule has 0 bridgehead atoms. The molecule has 1 N–H and O–H groups in total. The number of nitrogens with zero attached hydrogens (tertiary/aromatic N) is 2. The van der Waals surface area contributed by atoms with E-state index in [1.807, 2.05) is 38.2 Å². The number of unbranched alkanes of at least 4 members (excludes halogenated alkanes) is 1. The fourth-order valence-corrected chi connectivity index (χ4v) is 2.40. The maximum atomic E-state index is 12.6. The fourth-order valence-electron chi connectivity index (χ4n) is 2.40. The molecule has 0 saturated carbocycles. The van der Waals surface area contributed by atoms with Crippen molar-refractivity contribution in [3.05, 3.63) is 47.8 Å². The van der Waals surface area contributed by atoms with Gasteiger partial charge in [0.2, 0.25) is 0 Å². The third-order valence-corrected chi connectivity index (χ3v) is 3.88. The zero-order valence-corrected chi connectivity index (χ0v) is 14.8. The van der Waals surface area contributed by atoms with Gasteiger partial charge in [0, 0.05) is 19.8 Å². The van der Waals surface area contributed by atoms with Gasteiger partial charge in [0.15, 0.2) is 0 Å². The number of pyridine rings is 1. The van der Waals surface area contributed by atoms with E-state index >= 15 is 0 Å². The lowest BCUT2D eigenvalue weighted by atomic mass is 10.2. The molecule has 1 aromatic heterocycles. The van der Waals surface area contributed by atoms with Crippen LogP contribution in [0.5, 0.6) is 5.75 Å². The average molecular weight is 327 g/mol. The minimum absolute atomic E-state index is 0.197. The smallest absolute Gasteiger partial charge is 0.257 e. The number of carbonyl (C=O) groups excluding carboxylic acids is 1. The van der Waals surface area contributed by atoms with Crippen LogP contribution in [0.2, 0.25) is 0 Å². The maximum absolute atomic E-state index is 12.6. The van der Waals surface area contributed by atoms with Gasteiger partial charge in [-0.3, -0.25) is 9.78 Å². The Kier molecular flexibility index (Phi) is 6.18. The normalized spacial score (nSPS) is 10.3. The summed E-state index contributed by atoms with van der Waals surface area (Å²) in [7, 11) is 3.60. The van der Waals surface area contributed by atoms with Crippen LogP contribution in [-0.4, -0.2) is 31.6 Å². The molecule has 128 valence electrons. The van der Waals surface area contributed by atoms with Crippen LogP contribution in [0.1, 0.15) is 35.7 Å². The Morgan fingerprint density at radius 2 is 2.08 bits per heavy atom. The van der Waals surface area contributed by atoms with Crippen molar-refractivity contribution in [1.29, 1.82) is 0 Å². The summed E-state index contributed by atoms with van der Waals surface area (Å²) in [6.45, 7) is 5.07. The molecule has 1 amide bonds. The molecule has 1 heterocycles. The van der Waals surface area contributed by atoms with E-state index in [1.54, 1.807) is 19.5 Å². The molecule has 0 aliphatic heterocycles. The summed E-state index contributed by atoms with van der Waals surface area (Å²) in [5.41, 5.74) is 3.18. The number of carbonyl (C=O) groups is 1. The molecule has 2 aromatic rings. The summed E-state index contributed by atoms with van der Waals surface area (Å²) < 4.78 is 5.30. The predicted octanol–water partition coefficient (Wildman–Crippen LogP) is 3.89. The van der Waals surface area contributed by atoms with Gasteiger partial charge in [-0.25, -0.2) is 0 Å². The number of methoxy groups -OCH3 is 1. The summed E-state index contributed by atoms with van der Waals surface area (Å²) in [5.74, 6) is 0.440. The second kappa shape index (κ2) is 8.34. The molecule has 5 heteroatoms. The van der Waals surface area contributed by atoms with E-state index in [0.29, 0.717) is 17.0 Å². The van der Waals surface area contributed by atoms with Crippen LogP contribution in [0, 0.1) is 6.92 Å². The number of benzene rings is 1. The van der Waals surface area contributed by atoms with Crippen LogP contribution < -0.4 is 15.0 Å². The molecular weight excluding hydrogens is 302 g/mol. The molecule has 5 nitrogen and oxygen atoms in total. The maximum Gasteiger partial charge on any atom is 0.257 e.